The number of rotatable bonds is 7. The van der Waals surface area contributed by atoms with E-state index >= 15 is 0 Å². The molecule has 0 aliphatic carbocycles. The predicted octanol–water partition coefficient (Wildman–Crippen LogP) is 2.25. The van der Waals surface area contributed by atoms with E-state index in [0.29, 0.717) is 18.7 Å². The van der Waals surface area contributed by atoms with Crippen molar-refractivity contribution >= 4 is 11.9 Å². The van der Waals surface area contributed by atoms with Gasteiger partial charge in [0.05, 0.1) is 12.9 Å². The third kappa shape index (κ3) is 4.69. The molecule has 0 saturated carbocycles. The van der Waals surface area contributed by atoms with Crippen molar-refractivity contribution in [3.05, 3.63) is 59.5 Å². The first kappa shape index (κ1) is 16.8. The van der Waals surface area contributed by atoms with Crippen LogP contribution in [0.4, 0.5) is 0 Å². The molecule has 1 aromatic carbocycles. The summed E-state index contributed by atoms with van der Waals surface area (Å²) in [5.41, 5.74) is 1.63. The Kier molecular flexibility index (Phi) is 5.94. The fourth-order valence-corrected chi connectivity index (χ4v) is 1.94. The molecule has 1 aromatic heterocycles. The third-order valence-electron chi connectivity index (χ3n) is 3.17. The molecule has 23 heavy (non-hydrogen) atoms. The molecular formula is C17H19NO5. The van der Waals surface area contributed by atoms with E-state index in [1.165, 1.54) is 12.3 Å². The summed E-state index contributed by atoms with van der Waals surface area (Å²) in [4.78, 5) is 24.4. The van der Waals surface area contributed by atoms with Gasteiger partial charge in [0, 0.05) is 19.2 Å². The standard InChI is InChI=1S/C17H19NO5/c1-12-5-7-13(8-6-12)15(16(19)18-9-11-21-2)23-17(20)14-4-3-10-22-14/h3-8,10,15H,9,11H2,1-2H3,(H,18,19)/t15-/m1/s1. The van der Waals surface area contributed by atoms with E-state index < -0.39 is 18.0 Å². The highest BCUT2D eigenvalue weighted by atomic mass is 16.6. The van der Waals surface area contributed by atoms with Gasteiger partial charge in [-0.15, -0.1) is 0 Å². The Morgan fingerprint density at radius 1 is 1.22 bits per heavy atom. The number of amides is 1. The molecule has 0 saturated heterocycles. The number of ether oxygens (including phenoxy) is 2. The SMILES string of the molecule is COCCNC(=O)[C@H](OC(=O)c1ccco1)c1ccc(C)cc1. The number of benzene rings is 1. The number of carbonyl (C=O) groups excluding carboxylic acids is 2. The molecule has 0 unspecified atom stereocenters. The van der Waals surface area contributed by atoms with Gasteiger partial charge in [-0.3, -0.25) is 4.79 Å². The zero-order valence-corrected chi connectivity index (χ0v) is 13.1. The van der Waals surface area contributed by atoms with E-state index in [-0.39, 0.29) is 5.76 Å². The van der Waals surface area contributed by atoms with Crippen molar-refractivity contribution in [1.82, 2.24) is 5.32 Å². The minimum atomic E-state index is -1.05. The van der Waals surface area contributed by atoms with Crippen molar-refractivity contribution in [3.8, 4) is 0 Å². The Morgan fingerprint density at radius 3 is 2.57 bits per heavy atom. The third-order valence-corrected chi connectivity index (χ3v) is 3.17. The van der Waals surface area contributed by atoms with Gasteiger partial charge in [0.2, 0.25) is 11.9 Å². The number of nitrogens with one attached hydrogen (secondary N) is 1. The van der Waals surface area contributed by atoms with E-state index in [4.69, 9.17) is 13.9 Å². The van der Waals surface area contributed by atoms with Crippen LogP contribution in [-0.2, 0) is 14.3 Å². The molecule has 6 nitrogen and oxygen atoms in total. The van der Waals surface area contributed by atoms with E-state index in [1.54, 1.807) is 25.3 Å². The molecule has 0 aliphatic heterocycles. The number of carbonyl (C=O) groups is 2. The van der Waals surface area contributed by atoms with E-state index in [9.17, 15) is 9.59 Å². The fourth-order valence-electron chi connectivity index (χ4n) is 1.94. The monoisotopic (exact) mass is 317 g/mol. The summed E-state index contributed by atoms with van der Waals surface area (Å²) in [7, 11) is 1.54. The van der Waals surface area contributed by atoms with Gasteiger partial charge in [-0.2, -0.15) is 0 Å². The molecule has 1 N–H and O–H groups in total. The average Bonchev–Trinajstić information content (AvgIpc) is 3.08. The van der Waals surface area contributed by atoms with Crippen LogP contribution >= 0.6 is 0 Å². The number of aryl methyl sites for hydroxylation is 1. The maximum atomic E-state index is 12.3. The number of methoxy groups -OCH3 is 1. The largest absolute Gasteiger partial charge is 0.457 e. The Morgan fingerprint density at radius 2 is 1.96 bits per heavy atom. The molecule has 1 heterocycles. The van der Waals surface area contributed by atoms with Crippen LogP contribution in [-0.4, -0.2) is 32.1 Å². The molecule has 6 heteroatoms. The van der Waals surface area contributed by atoms with Crippen LogP contribution in [0.3, 0.4) is 0 Å². The lowest BCUT2D eigenvalue weighted by atomic mass is 10.1. The van der Waals surface area contributed by atoms with Crippen LogP contribution in [0.2, 0.25) is 0 Å². The zero-order valence-electron chi connectivity index (χ0n) is 13.1. The quantitative estimate of drug-likeness (QED) is 0.626. The van der Waals surface area contributed by atoms with Gasteiger partial charge in [-0.05, 0) is 19.1 Å². The summed E-state index contributed by atoms with van der Waals surface area (Å²) >= 11 is 0. The first-order chi connectivity index (χ1) is 11.1. The van der Waals surface area contributed by atoms with E-state index in [1.807, 2.05) is 19.1 Å². The summed E-state index contributed by atoms with van der Waals surface area (Å²) in [6, 6.07) is 10.3. The lowest BCUT2D eigenvalue weighted by Crippen LogP contribution is -2.34. The fraction of sp³-hybridized carbons (Fsp3) is 0.294. The predicted molar refractivity (Wildman–Crippen MR) is 82.9 cm³/mol. The van der Waals surface area contributed by atoms with Crippen LogP contribution in [0.25, 0.3) is 0 Å². The molecular weight excluding hydrogens is 298 g/mol. The number of esters is 1. The minimum absolute atomic E-state index is 0.0480. The molecule has 0 bridgehead atoms. The average molecular weight is 317 g/mol. The Bertz CT molecular complexity index is 634. The molecule has 0 fully saturated rings. The Balaban J connectivity index is 2.15. The lowest BCUT2D eigenvalue weighted by Gasteiger charge is -2.17. The molecule has 0 aliphatic rings. The second kappa shape index (κ2) is 8.14. The smallest absolute Gasteiger partial charge is 0.375 e. The van der Waals surface area contributed by atoms with Gasteiger partial charge in [0.15, 0.2) is 0 Å². The van der Waals surface area contributed by atoms with Crippen LogP contribution < -0.4 is 5.32 Å². The second-order valence-electron chi connectivity index (χ2n) is 4.96. The van der Waals surface area contributed by atoms with Crippen LogP contribution in [0.1, 0.15) is 27.8 Å². The first-order valence-corrected chi connectivity index (χ1v) is 7.19. The zero-order chi connectivity index (χ0) is 16.7. The highest BCUT2D eigenvalue weighted by Gasteiger charge is 2.26. The minimum Gasteiger partial charge on any atom is -0.457 e. The molecule has 1 amide bonds. The molecule has 0 spiro atoms. The second-order valence-corrected chi connectivity index (χ2v) is 4.96. The summed E-state index contributed by atoms with van der Waals surface area (Å²) in [5, 5.41) is 2.68. The van der Waals surface area contributed by atoms with Gasteiger partial charge in [0.25, 0.3) is 5.91 Å². The summed E-state index contributed by atoms with van der Waals surface area (Å²) < 4.78 is 15.2. The van der Waals surface area contributed by atoms with Crippen molar-refractivity contribution in [2.24, 2.45) is 0 Å². The van der Waals surface area contributed by atoms with Crippen molar-refractivity contribution in [2.45, 2.75) is 13.0 Å². The Labute approximate surface area is 134 Å². The van der Waals surface area contributed by atoms with Gasteiger partial charge in [0.1, 0.15) is 0 Å². The molecule has 1 atom stereocenters. The van der Waals surface area contributed by atoms with Gasteiger partial charge in [-0.1, -0.05) is 29.8 Å². The van der Waals surface area contributed by atoms with Crippen LogP contribution in [0.15, 0.2) is 47.1 Å². The number of hydrogen-bond acceptors (Lipinski definition) is 5. The van der Waals surface area contributed by atoms with Crippen molar-refractivity contribution in [3.63, 3.8) is 0 Å². The van der Waals surface area contributed by atoms with E-state index in [2.05, 4.69) is 5.32 Å². The van der Waals surface area contributed by atoms with Gasteiger partial charge in [-0.25, -0.2) is 4.79 Å². The molecule has 0 radical (unpaired) electrons. The van der Waals surface area contributed by atoms with E-state index in [0.717, 1.165) is 5.56 Å². The maximum Gasteiger partial charge on any atom is 0.375 e. The van der Waals surface area contributed by atoms with Crippen molar-refractivity contribution in [1.29, 1.82) is 0 Å². The van der Waals surface area contributed by atoms with Crippen molar-refractivity contribution < 1.29 is 23.5 Å². The van der Waals surface area contributed by atoms with Crippen LogP contribution in [0.5, 0.6) is 0 Å². The highest BCUT2D eigenvalue weighted by Crippen LogP contribution is 2.20. The Hall–Kier alpha value is -2.60. The van der Waals surface area contributed by atoms with Crippen LogP contribution in [0, 0.1) is 6.92 Å². The maximum absolute atomic E-state index is 12.3. The first-order valence-electron chi connectivity index (χ1n) is 7.19. The lowest BCUT2D eigenvalue weighted by molar-refractivity contribution is -0.130. The highest BCUT2D eigenvalue weighted by molar-refractivity contribution is 5.90. The summed E-state index contributed by atoms with van der Waals surface area (Å²) in [5.74, 6) is -1.06. The normalized spacial score (nSPS) is 11.7. The summed E-state index contributed by atoms with van der Waals surface area (Å²) in [6.45, 7) is 2.64. The van der Waals surface area contributed by atoms with Crippen molar-refractivity contribution in [2.75, 3.05) is 20.3 Å². The molecule has 2 rings (SSSR count). The summed E-state index contributed by atoms with van der Waals surface area (Å²) in [6.07, 6.45) is 0.320. The number of hydrogen-bond donors (Lipinski definition) is 1. The van der Waals surface area contributed by atoms with Gasteiger partial charge >= 0.3 is 5.97 Å². The van der Waals surface area contributed by atoms with Gasteiger partial charge < -0.3 is 19.2 Å². The topological polar surface area (TPSA) is 77.8 Å². The molecule has 2 aromatic rings. The molecule has 122 valence electrons. The number of furan rings is 1.